The molecular formula is C23H28O3. The van der Waals surface area contributed by atoms with Crippen LogP contribution in [0.5, 0.6) is 5.75 Å². The molecule has 0 heterocycles. The Kier molecular flexibility index (Phi) is 4.21. The number of carbonyl (C=O) groups excluding carboxylic acids is 1. The lowest BCUT2D eigenvalue weighted by molar-refractivity contribution is -0.151. The first kappa shape index (κ1) is 17.4. The summed E-state index contributed by atoms with van der Waals surface area (Å²) in [6, 6.07) is 6.50. The molecule has 0 saturated heterocycles. The number of methoxy groups -OCH3 is 1. The number of hydrogen-bond acceptors (Lipinski definition) is 3. The van der Waals surface area contributed by atoms with Gasteiger partial charge in [0.25, 0.3) is 0 Å². The summed E-state index contributed by atoms with van der Waals surface area (Å²) in [7, 11) is 1.73. The Labute approximate surface area is 156 Å². The highest BCUT2D eigenvalue weighted by molar-refractivity contribution is 5.80. The van der Waals surface area contributed by atoms with Crippen LogP contribution >= 0.6 is 0 Å². The van der Waals surface area contributed by atoms with Gasteiger partial charge < -0.3 is 9.47 Å². The lowest BCUT2D eigenvalue weighted by Crippen LogP contribution is -2.39. The normalized spacial score (nSPS) is 29.5. The Morgan fingerprint density at radius 3 is 2.85 bits per heavy atom. The van der Waals surface area contributed by atoms with E-state index >= 15 is 0 Å². The Balaban J connectivity index is 1.80. The molecule has 3 aliphatic rings. The van der Waals surface area contributed by atoms with Crippen LogP contribution in [0.2, 0.25) is 0 Å². The predicted molar refractivity (Wildman–Crippen MR) is 103 cm³/mol. The van der Waals surface area contributed by atoms with Crippen molar-refractivity contribution < 1.29 is 14.3 Å². The van der Waals surface area contributed by atoms with E-state index in [0.29, 0.717) is 5.92 Å². The van der Waals surface area contributed by atoms with Crippen LogP contribution in [-0.4, -0.2) is 19.2 Å². The van der Waals surface area contributed by atoms with Crippen LogP contribution in [0.25, 0.3) is 5.57 Å². The van der Waals surface area contributed by atoms with E-state index in [0.717, 1.165) is 37.9 Å². The third kappa shape index (κ3) is 2.44. The van der Waals surface area contributed by atoms with Crippen molar-refractivity contribution in [3.8, 4) is 5.75 Å². The van der Waals surface area contributed by atoms with E-state index in [1.165, 1.54) is 34.8 Å². The quantitative estimate of drug-likeness (QED) is 0.711. The van der Waals surface area contributed by atoms with Crippen LogP contribution in [-0.2, 0) is 16.0 Å². The maximum absolute atomic E-state index is 11.6. The Bertz CT molecular complexity index is 817. The van der Waals surface area contributed by atoms with E-state index in [2.05, 4.69) is 38.1 Å². The number of esters is 1. The average molecular weight is 352 g/mol. The van der Waals surface area contributed by atoms with Crippen LogP contribution in [0.3, 0.4) is 0 Å². The van der Waals surface area contributed by atoms with Crippen LogP contribution in [0.15, 0.2) is 35.4 Å². The van der Waals surface area contributed by atoms with Gasteiger partial charge in [0.1, 0.15) is 11.9 Å². The largest absolute Gasteiger partial charge is 0.497 e. The maximum atomic E-state index is 11.6. The molecule has 0 spiro atoms. The number of allylic oxidation sites excluding steroid dienone is 2. The van der Waals surface area contributed by atoms with Gasteiger partial charge in [-0.3, -0.25) is 4.79 Å². The molecule has 1 aromatic rings. The predicted octanol–water partition coefficient (Wildman–Crippen LogP) is 5.09. The fraction of sp³-hybridized carbons (Fsp3) is 0.522. The molecule has 1 aromatic carbocycles. The molecule has 3 nitrogen and oxygen atoms in total. The molecule has 0 bridgehead atoms. The number of fused-ring (bicyclic) bond motifs is 4. The molecule has 0 radical (unpaired) electrons. The molecule has 4 rings (SSSR count). The summed E-state index contributed by atoms with van der Waals surface area (Å²) in [5, 5.41) is 0. The monoisotopic (exact) mass is 352 g/mol. The molecule has 0 saturated carbocycles. The zero-order valence-electron chi connectivity index (χ0n) is 16.2. The first-order valence-corrected chi connectivity index (χ1v) is 9.78. The Hall–Kier alpha value is -2.03. The van der Waals surface area contributed by atoms with Crippen molar-refractivity contribution in [2.24, 2.45) is 11.3 Å². The fourth-order valence-corrected chi connectivity index (χ4v) is 5.54. The topological polar surface area (TPSA) is 35.5 Å². The van der Waals surface area contributed by atoms with E-state index in [1.807, 2.05) is 0 Å². The minimum absolute atomic E-state index is 0.00138. The van der Waals surface area contributed by atoms with Gasteiger partial charge in [-0.05, 0) is 71.6 Å². The summed E-state index contributed by atoms with van der Waals surface area (Å²) in [6.45, 7) is 6.11. The third-order valence-corrected chi connectivity index (χ3v) is 6.72. The van der Waals surface area contributed by atoms with E-state index in [-0.39, 0.29) is 17.5 Å². The van der Waals surface area contributed by atoms with Crippen molar-refractivity contribution in [3.05, 3.63) is 46.5 Å². The van der Waals surface area contributed by atoms with Crippen LogP contribution in [0.4, 0.5) is 0 Å². The van der Waals surface area contributed by atoms with Gasteiger partial charge in [0.2, 0.25) is 0 Å². The van der Waals surface area contributed by atoms with Crippen LogP contribution < -0.4 is 4.74 Å². The van der Waals surface area contributed by atoms with Crippen molar-refractivity contribution in [1.29, 1.82) is 0 Å². The maximum Gasteiger partial charge on any atom is 0.302 e. The Morgan fingerprint density at radius 1 is 1.35 bits per heavy atom. The van der Waals surface area contributed by atoms with E-state index in [1.54, 1.807) is 7.11 Å². The molecule has 0 unspecified atom stereocenters. The molecule has 0 aromatic heterocycles. The summed E-state index contributed by atoms with van der Waals surface area (Å²) >= 11 is 0. The van der Waals surface area contributed by atoms with Crippen LogP contribution in [0, 0.1) is 11.3 Å². The second kappa shape index (κ2) is 6.29. The molecule has 0 N–H and O–H groups in total. The SMILES string of the molecule is CC[C@@]12CCC3=C(C1=CC[C@@H]2OC(C)=O)[C@@H](C)Cc1cc(OC)ccc13. The molecule has 0 amide bonds. The molecule has 3 aliphatic carbocycles. The number of benzene rings is 1. The van der Waals surface area contributed by atoms with Crippen molar-refractivity contribution in [1.82, 2.24) is 0 Å². The second-order valence-corrected chi connectivity index (χ2v) is 7.98. The smallest absolute Gasteiger partial charge is 0.302 e. The second-order valence-electron chi connectivity index (χ2n) is 7.98. The number of rotatable bonds is 3. The lowest BCUT2D eigenvalue weighted by Gasteiger charge is -2.45. The van der Waals surface area contributed by atoms with Crippen molar-refractivity contribution >= 4 is 11.5 Å². The van der Waals surface area contributed by atoms with Crippen molar-refractivity contribution in [3.63, 3.8) is 0 Å². The minimum Gasteiger partial charge on any atom is -0.497 e. The number of hydrogen-bond donors (Lipinski definition) is 0. The average Bonchev–Trinajstić information content (AvgIpc) is 2.99. The molecule has 3 atom stereocenters. The van der Waals surface area contributed by atoms with Crippen molar-refractivity contribution in [2.75, 3.05) is 7.11 Å². The molecule has 26 heavy (non-hydrogen) atoms. The van der Waals surface area contributed by atoms with Gasteiger partial charge in [0.05, 0.1) is 7.11 Å². The van der Waals surface area contributed by atoms with Crippen LogP contribution in [0.1, 0.15) is 57.6 Å². The highest BCUT2D eigenvalue weighted by atomic mass is 16.5. The molecule has 138 valence electrons. The van der Waals surface area contributed by atoms with Gasteiger partial charge in [0.15, 0.2) is 0 Å². The number of ether oxygens (including phenoxy) is 2. The highest BCUT2D eigenvalue weighted by Gasteiger charge is 2.50. The Morgan fingerprint density at radius 2 is 2.15 bits per heavy atom. The van der Waals surface area contributed by atoms with E-state index < -0.39 is 0 Å². The first-order valence-electron chi connectivity index (χ1n) is 9.78. The van der Waals surface area contributed by atoms with Gasteiger partial charge >= 0.3 is 5.97 Å². The highest BCUT2D eigenvalue weighted by Crippen LogP contribution is 2.59. The molecule has 3 heteroatoms. The van der Waals surface area contributed by atoms with Gasteiger partial charge in [-0.1, -0.05) is 26.0 Å². The summed E-state index contributed by atoms with van der Waals surface area (Å²) in [5.41, 5.74) is 7.27. The third-order valence-electron chi connectivity index (χ3n) is 6.72. The first-order chi connectivity index (χ1) is 12.5. The summed E-state index contributed by atoms with van der Waals surface area (Å²) < 4.78 is 11.2. The van der Waals surface area contributed by atoms with E-state index in [9.17, 15) is 4.79 Å². The summed E-state index contributed by atoms with van der Waals surface area (Å²) in [5.74, 6) is 1.26. The molecular weight excluding hydrogens is 324 g/mol. The van der Waals surface area contributed by atoms with Gasteiger partial charge in [-0.25, -0.2) is 0 Å². The van der Waals surface area contributed by atoms with E-state index in [4.69, 9.17) is 9.47 Å². The van der Waals surface area contributed by atoms with Gasteiger partial charge in [-0.2, -0.15) is 0 Å². The lowest BCUT2D eigenvalue weighted by atomic mass is 9.61. The molecule has 0 aliphatic heterocycles. The number of carbonyl (C=O) groups is 1. The van der Waals surface area contributed by atoms with Gasteiger partial charge in [-0.15, -0.1) is 0 Å². The van der Waals surface area contributed by atoms with Crippen molar-refractivity contribution in [2.45, 2.75) is 59.0 Å². The zero-order valence-corrected chi connectivity index (χ0v) is 16.2. The summed E-state index contributed by atoms with van der Waals surface area (Å²) in [4.78, 5) is 11.6. The molecule has 0 fully saturated rings. The standard InChI is InChI=1S/C23H28O3/c1-5-23-11-10-19-18-7-6-17(25-4)13-16(18)12-14(2)22(19)20(23)8-9-21(23)26-15(3)24/h6-8,13-14,21H,5,9-12H2,1-4H3/t14-,21-,23+/m0/s1. The summed E-state index contributed by atoms with van der Waals surface area (Å²) in [6.07, 6.45) is 7.39. The minimum atomic E-state index is -0.161. The zero-order chi connectivity index (χ0) is 18.5. The van der Waals surface area contributed by atoms with Gasteiger partial charge in [0, 0.05) is 18.8 Å². The fourth-order valence-electron chi connectivity index (χ4n) is 5.54.